The molecule has 0 radical (unpaired) electrons. The number of nitrogens with two attached hydrogens (primary N) is 2. The number of halogens is 1. The van der Waals surface area contributed by atoms with Crippen LogP contribution in [0.2, 0.25) is 5.02 Å². The first-order chi connectivity index (χ1) is 36.7. The van der Waals surface area contributed by atoms with E-state index in [0.29, 0.717) is 46.3 Å². The summed E-state index contributed by atoms with van der Waals surface area (Å²) in [5.74, 6) is -1.08. The number of nitrogen functional groups attached to an aromatic ring is 1. The zero-order valence-corrected chi connectivity index (χ0v) is 47.1. The van der Waals surface area contributed by atoms with Crippen LogP contribution >= 0.6 is 34.7 Å². The molecule has 2 saturated heterocycles. The second kappa shape index (κ2) is 28.9. The molecule has 5 amide bonds. The van der Waals surface area contributed by atoms with Gasteiger partial charge in [-0.1, -0.05) is 74.5 Å². The number of benzene rings is 2. The van der Waals surface area contributed by atoms with E-state index in [-0.39, 0.29) is 101 Å². The zero-order valence-electron chi connectivity index (χ0n) is 44.7. The van der Waals surface area contributed by atoms with Gasteiger partial charge in [-0.25, -0.2) is 15.0 Å². The topological polar surface area (TPSA) is 288 Å². The summed E-state index contributed by atoms with van der Waals surface area (Å²) >= 11 is 9.47. The minimum atomic E-state index is -0.994. The Bertz CT molecular complexity index is 2610. The van der Waals surface area contributed by atoms with Crippen LogP contribution in [-0.4, -0.2) is 157 Å². The second-order valence-corrected chi connectivity index (χ2v) is 22.7. The predicted molar refractivity (Wildman–Crippen MR) is 297 cm³/mol. The number of aliphatic hydroxyl groups is 1. The highest BCUT2D eigenvalue weighted by molar-refractivity contribution is 7.99. The Labute approximate surface area is 463 Å². The number of nitrogens with one attached hydrogen (secondary N) is 4. The number of ether oxygens (including phenoxy) is 4. The van der Waals surface area contributed by atoms with Gasteiger partial charge in [0.15, 0.2) is 5.82 Å². The predicted octanol–water partition coefficient (Wildman–Crippen LogP) is 4.88. The number of hydrogen-bond donors (Lipinski definition) is 7. The highest BCUT2D eigenvalue weighted by atomic mass is 35.5. The molecule has 21 nitrogen and oxygen atoms in total. The summed E-state index contributed by atoms with van der Waals surface area (Å²) in [6.07, 6.45) is 2.47. The Morgan fingerprint density at radius 2 is 1.56 bits per heavy atom. The fourth-order valence-corrected chi connectivity index (χ4v) is 10.4. The van der Waals surface area contributed by atoms with Crippen LogP contribution in [0.25, 0.3) is 10.4 Å². The van der Waals surface area contributed by atoms with Gasteiger partial charge in [0.05, 0.1) is 91.4 Å². The Morgan fingerprint density at radius 3 is 2.19 bits per heavy atom. The van der Waals surface area contributed by atoms with Gasteiger partial charge in [-0.3, -0.25) is 24.0 Å². The number of nitrogens with zero attached hydrogens (tertiary/aromatic N) is 5. The van der Waals surface area contributed by atoms with Crippen molar-refractivity contribution in [1.82, 2.24) is 35.8 Å². The molecule has 2 fully saturated rings. The minimum absolute atomic E-state index is 0.0287. The monoisotopic (exact) mass is 1120 g/mol. The maximum Gasteiger partial charge on any atom is 0.246 e. The van der Waals surface area contributed by atoms with Crippen molar-refractivity contribution in [1.29, 1.82) is 0 Å². The number of amides is 5. The van der Waals surface area contributed by atoms with Crippen LogP contribution in [0.1, 0.15) is 84.0 Å². The lowest BCUT2D eigenvalue weighted by molar-refractivity contribution is -0.144. The normalized spacial score (nSPS) is 17.2. The molecule has 77 heavy (non-hydrogen) atoms. The number of anilines is 3. The lowest BCUT2D eigenvalue weighted by Gasteiger charge is -2.37. The molecule has 2 aromatic heterocycles. The van der Waals surface area contributed by atoms with E-state index in [9.17, 15) is 29.1 Å². The fourth-order valence-electron chi connectivity index (χ4n) is 8.48. The molecule has 2 aliphatic heterocycles. The van der Waals surface area contributed by atoms with Gasteiger partial charge in [0.25, 0.3) is 0 Å². The Kier molecular flexibility index (Phi) is 22.8. The SMILES string of the molecule is Cc1ncsc1-c1ccc([C@@H](C)NC(=O)[C@H]2C[C@H](O)CN2C(=O)[C@H](NC(=O)COCCOCCOCCOCCNC(=O)CCC(=O)Nc2cccc(Sc3ncc(N4CCC(C)(N)CC4)nc3N)c2Cl)C(C)(C)C)cc1. The van der Waals surface area contributed by atoms with Crippen LogP contribution in [0.5, 0.6) is 0 Å². The van der Waals surface area contributed by atoms with E-state index >= 15 is 0 Å². The van der Waals surface area contributed by atoms with Crippen molar-refractivity contribution in [3.05, 3.63) is 70.5 Å². The van der Waals surface area contributed by atoms with Gasteiger partial charge in [-0.05, 0) is 62.3 Å². The Morgan fingerprint density at radius 1 is 0.909 bits per heavy atom. The van der Waals surface area contributed by atoms with Crippen LogP contribution in [0.4, 0.5) is 17.3 Å². The summed E-state index contributed by atoms with van der Waals surface area (Å²) in [5, 5.41) is 22.7. The van der Waals surface area contributed by atoms with E-state index in [0.717, 1.165) is 47.6 Å². The molecule has 9 N–H and O–H groups in total. The number of aromatic nitrogens is 3. The van der Waals surface area contributed by atoms with Crippen molar-refractivity contribution >= 4 is 81.6 Å². The summed E-state index contributed by atoms with van der Waals surface area (Å²) in [6.45, 7) is 14.5. The molecule has 0 spiro atoms. The van der Waals surface area contributed by atoms with Crippen molar-refractivity contribution in [3.63, 3.8) is 0 Å². The highest BCUT2D eigenvalue weighted by Crippen LogP contribution is 2.39. The molecule has 4 atom stereocenters. The molecule has 4 aromatic rings. The van der Waals surface area contributed by atoms with Crippen LogP contribution in [0.15, 0.2) is 64.1 Å². The standard InChI is InChI=1S/C53H74ClN11O10S2/c1-33(35-10-12-36(13-11-35)46-34(2)59-32-76-46)60-49(70)39-28-37(66)30-65(39)51(71)47(52(3,4)5)63-44(69)31-75-27-26-74-25-24-73-23-22-72-21-18-57-42(67)14-15-43(68)61-38-8-7-9-40(45(38)54)77-50-48(55)62-41(29-58-50)64-19-16-53(6,56)17-20-64/h7-13,29,32-33,37,39,47,66H,14-28,30-31,56H2,1-6H3,(H2,55,62)(H,57,67)(H,60,70)(H,61,68)(H,63,69)/t33-,37+,39-,47+/m1/s1. The van der Waals surface area contributed by atoms with Crippen molar-refractivity contribution in [2.75, 3.05) is 95.0 Å². The van der Waals surface area contributed by atoms with Gasteiger partial charge in [0.1, 0.15) is 29.5 Å². The Balaban J connectivity index is 0.778. The molecule has 2 aliphatic rings. The Hall–Kier alpha value is -5.50. The van der Waals surface area contributed by atoms with Crippen molar-refractivity contribution < 1.29 is 48.0 Å². The first kappa shape index (κ1) is 60.7. The second-order valence-electron chi connectivity index (χ2n) is 20.4. The molecule has 24 heteroatoms. The number of β-amino-alcohol motifs (C(OH)–C–C–N with tert-alkyl or cyclic N) is 1. The van der Waals surface area contributed by atoms with Crippen LogP contribution in [-0.2, 0) is 42.9 Å². The summed E-state index contributed by atoms with van der Waals surface area (Å²) in [6, 6.07) is 10.8. The number of piperidine rings is 1. The van der Waals surface area contributed by atoms with Gasteiger partial charge in [0, 0.05) is 55.9 Å². The third kappa shape index (κ3) is 18.6. The van der Waals surface area contributed by atoms with Gasteiger partial charge < -0.3 is 66.6 Å². The molecule has 0 bridgehead atoms. The number of likely N-dealkylation sites (tertiary alicyclic amines) is 1. The zero-order chi connectivity index (χ0) is 55.7. The number of rotatable bonds is 27. The minimum Gasteiger partial charge on any atom is -0.391 e. The molecule has 6 rings (SSSR count). The summed E-state index contributed by atoms with van der Waals surface area (Å²) < 4.78 is 22.1. The fraction of sp³-hybridized carbons (Fsp3) is 0.547. The van der Waals surface area contributed by atoms with E-state index in [4.69, 9.17) is 42.0 Å². The van der Waals surface area contributed by atoms with E-state index in [1.54, 1.807) is 41.2 Å². The van der Waals surface area contributed by atoms with E-state index in [1.807, 2.05) is 65.8 Å². The highest BCUT2D eigenvalue weighted by Gasteiger charge is 2.45. The van der Waals surface area contributed by atoms with E-state index < -0.39 is 35.4 Å². The van der Waals surface area contributed by atoms with Crippen LogP contribution < -0.4 is 37.6 Å². The molecule has 0 aliphatic carbocycles. The first-order valence-corrected chi connectivity index (χ1v) is 27.9. The van der Waals surface area contributed by atoms with Crippen LogP contribution in [0, 0.1) is 12.3 Å². The van der Waals surface area contributed by atoms with Crippen molar-refractivity contribution in [3.8, 4) is 10.4 Å². The van der Waals surface area contributed by atoms with Gasteiger partial charge >= 0.3 is 0 Å². The number of carbonyl (C=O) groups is 5. The number of aryl methyl sites for hydroxylation is 1. The van der Waals surface area contributed by atoms with Crippen molar-refractivity contribution in [2.24, 2.45) is 11.1 Å². The average Bonchev–Trinajstić information content (AvgIpc) is 4.02. The number of aliphatic hydroxyl groups excluding tert-OH is 1. The summed E-state index contributed by atoms with van der Waals surface area (Å²) in [7, 11) is 0. The number of thiazole rings is 1. The van der Waals surface area contributed by atoms with Gasteiger partial charge in [-0.15, -0.1) is 11.3 Å². The smallest absolute Gasteiger partial charge is 0.246 e. The number of carbonyl (C=O) groups excluding carboxylic acids is 5. The quantitative estimate of drug-likeness (QED) is 0.0392. The molecular weight excluding hydrogens is 1050 g/mol. The molecule has 0 saturated carbocycles. The summed E-state index contributed by atoms with van der Waals surface area (Å²) in [5.41, 5.74) is 16.7. The van der Waals surface area contributed by atoms with E-state index in [1.165, 1.54) is 16.7 Å². The average molecular weight is 1120 g/mol. The molecule has 0 unspecified atom stereocenters. The van der Waals surface area contributed by atoms with Crippen LogP contribution in [0.3, 0.4) is 0 Å². The first-order valence-electron chi connectivity index (χ1n) is 25.8. The molecule has 420 valence electrons. The summed E-state index contributed by atoms with van der Waals surface area (Å²) in [4.78, 5) is 84.4. The van der Waals surface area contributed by atoms with Crippen molar-refractivity contribution in [2.45, 2.75) is 113 Å². The maximum atomic E-state index is 14.0. The van der Waals surface area contributed by atoms with E-state index in [2.05, 4.69) is 41.1 Å². The third-order valence-corrected chi connectivity index (χ3v) is 15.5. The number of hydrogen-bond acceptors (Lipinski definition) is 18. The maximum absolute atomic E-state index is 14.0. The third-order valence-electron chi connectivity index (χ3n) is 13.0. The molecule has 4 heterocycles. The van der Waals surface area contributed by atoms with Gasteiger partial charge in [0.2, 0.25) is 29.5 Å². The lowest BCUT2D eigenvalue weighted by atomic mass is 9.85. The molecular formula is C53H74ClN11O10S2. The van der Waals surface area contributed by atoms with Gasteiger partial charge in [-0.2, -0.15) is 0 Å². The largest absolute Gasteiger partial charge is 0.391 e. The molecule has 2 aromatic carbocycles. The lowest BCUT2D eigenvalue weighted by Crippen LogP contribution is -2.58.